The third-order valence-corrected chi connectivity index (χ3v) is 5.72. The zero-order valence-electron chi connectivity index (χ0n) is 17.3. The molecule has 2 N–H and O–H groups in total. The van der Waals surface area contributed by atoms with E-state index in [2.05, 4.69) is 20.9 Å². The van der Waals surface area contributed by atoms with Gasteiger partial charge in [-0.05, 0) is 64.9 Å². The molecule has 0 radical (unpaired) electrons. The van der Waals surface area contributed by atoms with Crippen LogP contribution in [0.3, 0.4) is 0 Å². The van der Waals surface area contributed by atoms with Gasteiger partial charge in [-0.2, -0.15) is 0 Å². The summed E-state index contributed by atoms with van der Waals surface area (Å²) in [5, 5.41) is 15.7. The van der Waals surface area contributed by atoms with E-state index in [0.29, 0.717) is 5.69 Å². The van der Waals surface area contributed by atoms with E-state index in [4.69, 9.17) is 9.15 Å². The molecule has 1 atom stereocenters. The lowest BCUT2D eigenvalue weighted by Crippen LogP contribution is -2.31. The molecule has 1 unspecified atom stereocenters. The lowest BCUT2D eigenvalue weighted by atomic mass is 10.1. The van der Waals surface area contributed by atoms with Gasteiger partial charge in [0.05, 0.1) is 24.9 Å². The molecule has 0 saturated carbocycles. The number of aromatic nitrogens is 3. The van der Waals surface area contributed by atoms with Crippen LogP contribution in [-0.2, 0) is 0 Å². The van der Waals surface area contributed by atoms with E-state index in [1.807, 2.05) is 43.7 Å². The number of benzene rings is 1. The minimum Gasteiger partial charge on any atom is -0.497 e. The summed E-state index contributed by atoms with van der Waals surface area (Å²) in [5.74, 6) is 1.26. The molecule has 154 valence electrons. The van der Waals surface area contributed by atoms with Crippen LogP contribution < -0.4 is 15.4 Å². The zero-order chi connectivity index (χ0) is 20.5. The summed E-state index contributed by atoms with van der Waals surface area (Å²) in [6.45, 7) is 7.71. The number of nitrogens with zero attached hydrogens (tertiary/aromatic N) is 3. The number of methoxy groups -OCH3 is 1. The maximum absolute atomic E-state index is 12.9. The van der Waals surface area contributed by atoms with Gasteiger partial charge in [-0.25, -0.2) is 4.68 Å². The highest BCUT2D eigenvalue weighted by Crippen LogP contribution is 2.32. The van der Waals surface area contributed by atoms with Crippen LogP contribution in [0.4, 0.5) is 0 Å². The molecule has 29 heavy (non-hydrogen) atoms. The van der Waals surface area contributed by atoms with Crippen molar-refractivity contribution in [3.8, 4) is 5.75 Å². The van der Waals surface area contributed by atoms with Gasteiger partial charge in [0.25, 0.3) is 5.91 Å². The summed E-state index contributed by atoms with van der Waals surface area (Å²) in [7, 11) is 1.64. The van der Waals surface area contributed by atoms with Crippen molar-refractivity contribution in [3.05, 3.63) is 40.9 Å². The van der Waals surface area contributed by atoms with E-state index in [0.717, 1.165) is 59.7 Å². The Labute approximate surface area is 169 Å². The highest BCUT2D eigenvalue weighted by atomic mass is 16.5. The summed E-state index contributed by atoms with van der Waals surface area (Å²) >= 11 is 0. The Morgan fingerprint density at radius 1 is 1.34 bits per heavy atom. The van der Waals surface area contributed by atoms with Crippen LogP contribution in [-0.4, -0.2) is 41.1 Å². The lowest BCUT2D eigenvalue weighted by Gasteiger charge is -2.23. The van der Waals surface area contributed by atoms with Crippen molar-refractivity contribution in [3.63, 3.8) is 0 Å². The molecule has 0 bridgehead atoms. The van der Waals surface area contributed by atoms with E-state index in [1.54, 1.807) is 7.11 Å². The first-order valence-corrected chi connectivity index (χ1v) is 10.00. The van der Waals surface area contributed by atoms with Crippen molar-refractivity contribution in [1.82, 2.24) is 25.6 Å². The van der Waals surface area contributed by atoms with Gasteiger partial charge in [0, 0.05) is 10.9 Å². The molecule has 0 aliphatic carbocycles. The predicted octanol–water partition coefficient (Wildman–Crippen LogP) is 3.07. The van der Waals surface area contributed by atoms with Crippen LogP contribution in [0.15, 0.2) is 22.6 Å². The number of rotatable bonds is 5. The van der Waals surface area contributed by atoms with Crippen molar-refractivity contribution in [1.29, 1.82) is 0 Å². The molecular weight excluding hydrogens is 370 g/mol. The monoisotopic (exact) mass is 397 g/mol. The fraction of sp³-hybridized carbons (Fsp3) is 0.476. The lowest BCUT2D eigenvalue weighted by molar-refractivity contribution is 0.0929. The van der Waals surface area contributed by atoms with Crippen LogP contribution in [0.1, 0.15) is 59.4 Å². The fourth-order valence-electron chi connectivity index (χ4n) is 4.04. The molecule has 1 saturated heterocycles. The maximum Gasteiger partial charge on any atom is 0.274 e. The first kappa shape index (κ1) is 19.4. The third-order valence-electron chi connectivity index (χ3n) is 5.72. The number of ether oxygens (including phenoxy) is 1. The smallest absolute Gasteiger partial charge is 0.274 e. The first-order chi connectivity index (χ1) is 14.0. The third kappa shape index (κ3) is 3.60. The minimum atomic E-state index is -0.302. The number of fused-ring (bicyclic) bond motifs is 1. The van der Waals surface area contributed by atoms with E-state index >= 15 is 0 Å². The molecule has 3 heterocycles. The van der Waals surface area contributed by atoms with E-state index in [9.17, 15) is 4.79 Å². The Hall–Kier alpha value is -2.87. The number of hydrogen-bond acceptors (Lipinski definition) is 6. The summed E-state index contributed by atoms with van der Waals surface area (Å²) in [6, 6.07) is 5.68. The van der Waals surface area contributed by atoms with Crippen molar-refractivity contribution in [2.45, 2.75) is 45.7 Å². The number of amides is 1. The number of aryl methyl sites for hydroxylation is 1. The van der Waals surface area contributed by atoms with Gasteiger partial charge in [0.1, 0.15) is 17.1 Å². The fourth-order valence-corrected chi connectivity index (χ4v) is 4.04. The second-order valence-corrected chi connectivity index (χ2v) is 7.60. The predicted molar refractivity (Wildman–Crippen MR) is 109 cm³/mol. The summed E-state index contributed by atoms with van der Waals surface area (Å²) in [6.07, 6.45) is 1.98. The van der Waals surface area contributed by atoms with Gasteiger partial charge in [0.2, 0.25) is 0 Å². The molecule has 4 rings (SSSR count). The van der Waals surface area contributed by atoms with Crippen LogP contribution in [0, 0.1) is 13.8 Å². The molecule has 1 aliphatic heterocycles. The van der Waals surface area contributed by atoms with Crippen molar-refractivity contribution in [2.75, 3.05) is 20.2 Å². The van der Waals surface area contributed by atoms with Gasteiger partial charge >= 0.3 is 0 Å². The molecule has 1 amide bonds. The van der Waals surface area contributed by atoms with Gasteiger partial charge in [-0.1, -0.05) is 5.21 Å². The average molecular weight is 397 g/mol. The van der Waals surface area contributed by atoms with Gasteiger partial charge in [-0.15, -0.1) is 5.10 Å². The molecule has 1 fully saturated rings. The Bertz CT molecular complexity index is 1030. The Kier molecular flexibility index (Phi) is 5.27. The average Bonchev–Trinajstić information content (AvgIpc) is 3.28. The summed E-state index contributed by atoms with van der Waals surface area (Å²) < 4.78 is 13.2. The quantitative estimate of drug-likeness (QED) is 0.687. The van der Waals surface area contributed by atoms with Gasteiger partial charge in [0.15, 0.2) is 5.69 Å². The Balaban J connectivity index is 1.53. The molecule has 1 aliphatic rings. The van der Waals surface area contributed by atoms with Crippen LogP contribution in [0.25, 0.3) is 11.0 Å². The highest BCUT2D eigenvalue weighted by Gasteiger charge is 2.25. The van der Waals surface area contributed by atoms with Crippen LogP contribution >= 0.6 is 0 Å². The number of piperidine rings is 1. The zero-order valence-corrected chi connectivity index (χ0v) is 17.3. The van der Waals surface area contributed by atoms with E-state index < -0.39 is 0 Å². The van der Waals surface area contributed by atoms with Gasteiger partial charge < -0.3 is 19.8 Å². The molecule has 8 nitrogen and oxygen atoms in total. The second kappa shape index (κ2) is 7.87. The van der Waals surface area contributed by atoms with Crippen molar-refractivity contribution >= 4 is 16.9 Å². The van der Waals surface area contributed by atoms with E-state index in [-0.39, 0.29) is 18.0 Å². The standard InChI is InChI=1S/C21H27N5O3/c1-12-17-11-16(28-4)5-6-18(17)29-20(12)13(2)23-21(27)19-14(3)26(25-24-19)15-7-9-22-10-8-15/h5-6,11,13,15,22H,7-10H2,1-4H3,(H,23,27). The topological polar surface area (TPSA) is 94.2 Å². The van der Waals surface area contributed by atoms with E-state index in [1.165, 1.54) is 0 Å². The highest BCUT2D eigenvalue weighted by molar-refractivity contribution is 5.93. The summed E-state index contributed by atoms with van der Waals surface area (Å²) in [5.41, 5.74) is 2.92. The van der Waals surface area contributed by atoms with Crippen molar-refractivity contribution in [2.24, 2.45) is 0 Å². The second-order valence-electron chi connectivity index (χ2n) is 7.60. The number of hydrogen-bond donors (Lipinski definition) is 2. The summed E-state index contributed by atoms with van der Waals surface area (Å²) in [4.78, 5) is 12.9. The minimum absolute atomic E-state index is 0.243. The molecular formula is C21H27N5O3. The van der Waals surface area contributed by atoms with Crippen LogP contribution in [0.5, 0.6) is 5.75 Å². The SMILES string of the molecule is COc1ccc2oc(C(C)NC(=O)c3nnn(C4CCNCC4)c3C)c(C)c2c1. The normalized spacial score (nSPS) is 16.1. The molecule has 1 aromatic carbocycles. The van der Waals surface area contributed by atoms with Crippen LogP contribution in [0.2, 0.25) is 0 Å². The molecule has 0 spiro atoms. The number of carbonyl (C=O) groups excluding carboxylic acids is 1. The van der Waals surface area contributed by atoms with Gasteiger partial charge in [-0.3, -0.25) is 4.79 Å². The molecule has 8 heteroatoms. The Morgan fingerprint density at radius 3 is 2.83 bits per heavy atom. The first-order valence-electron chi connectivity index (χ1n) is 10.00. The number of carbonyl (C=O) groups is 1. The molecule has 2 aromatic heterocycles. The Morgan fingerprint density at radius 2 is 2.10 bits per heavy atom. The van der Waals surface area contributed by atoms with Crippen molar-refractivity contribution < 1.29 is 13.9 Å². The number of furan rings is 1. The number of nitrogens with one attached hydrogen (secondary N) is 2. The maximum atomic E-state index is 12.9. The largest absolute Gasteiger partial charge is 0.497 e. The molecule has 3 aromatic rings.